The molecule has 7 nitrogen and oxygen atoms in total. The van der Waals surface area contributed by atoms with E-state index >= 15 is 0 Å². The molecule has 1 aromatic carbocycles. The number of rotatable bonds is 7. The molecule has 0 saturated heterocycles. The van der Waals surface area contributed by atoms with Crippen molar-refractivity contribution in [2.24, 2.45) is 0 Å². The molecule has 8 heteroatoms. The van der Waals surface area contributed by atoms with Crippen molar-refractivity contribution in [1.29, 1.82) is 0 Å². The average Bonchev–Trinajstić information content (AvgIpc) is 2.94. The summed E-state index contributed by atoms with van der Waals surface area (Å²) in [5.74, 6) is 0.0120. The zero-order valence-corrected chi connectivity index (χ0v) is 14.7. The fourth-order valence-electron chi connectivity index (χ4n) is 2.27. The molecule has 1 atom stereocenters. The number of thiazole rings is 1. The highest BCUT2D eigenvalue weighted by molar-refractivity contribution is 7.09. The number of likely N-dealkylation sites (N-methyl/N-ethyl adjacent to an activating group) is 1. The Balaban J connectivity index is 2.01. The quantitative estimate of drug-likeness (QED) is 0.582. The summed E-state index contributed by atoms with van der Waals surface area (Å²) in [7, 11) is 1.94. The lowest BCUT2D eigenvalue weighted by Crippen LogP contribution is -3.09. The molecule has 0 aliphatic heterocycles. The number of hydrogen-bond donors (Lipinski definition) is 2. The lowest BCUT2D eigenvalue weighted by molar-refractivity contribution is -0.885. The van der Waals surface area contributed by atoms with Gasteiger partial charge in [0.2, 0.25) is 0 Å². The first-order valence-corrected chi connectivity index (χ1v) is 8.53. The van der Waals surface area contributed by atoms with E-state index in [0.29, 0.717) is 13.1 Å². The van der Waals surface area contributed by atoms with E-state index in [1.165, 1.54) is 23.5 Å². The molecule has 0 spiro atoms. The van der Waals surface area contributed by atoms with Crippen molar-refractivity contribution in [3.63, 3.8) is 0 Å². The molecular formula is C16H21N4O3S+. The van der Waals surface area contributed by atoms with Crippen molar-refractivity contribution in [3.05, 3.63) is 44.8 Å². The summed E-state index contributed by atoms with van der Waals surface area (Å²) in [5.41, 5.74) is 1.50. The van der Waals surface area contributed by atoms with Gasteiger partial charge >= 0.3 is 0 Å². The van der Waals surface area contributed by atoms with Crippen molar-refractivity contribution in [2.75, 3.05) is 13.6 Å². The third-order valence-electron chi connectivity index (χ3n) is 3.27. The third-order valence-corrected chi connectivity index (χ3v) is 4.12. The van der Waals surface area contributed by atoms with Gasteiger partial charge in [-0.1, -0.05) is 12.1 Å². The van der Waals surface area contributed by atoms with Gasteiger partial charge in [0.05, 0.1) is 17.7 Å². The number of carbonyl (C=O) groups excluding carboxylic acids is 1. The number of carbonyl (C=O) groups is 1. The van der Waals surface area contributed by atoms with Crippen molar-refractivity contribution in [1.82, 2.24) is 10.3 Å². The predicted octanol–water partition coefficient (Wildman–Crippen LogP) is 1.26. The summed E-state index contributed by atoms with van der Waals surface area (Å²) in [6, 6.07) is 6.57. The Kier molecular flexibility index (Phi) is 5.99. The number of non-ortho nitro benzene ring substituents is 1. The Morgan fingerprint density at radius 1 is 1.46 bits per heavy atom. The molecule has 2 rings (SSSR count). The average molecular weight is 349 g/mol. The van der Waals surface area contributed by atoms with Gasteiger partial charge in [0.15, 0.2) is 6.54 Å². The van der Waals surface area contributed by atoms with Crippen LogP contribution >= 0.6 is 11.3 Å². The lowest BCUT2D eigenvalue weighted by Gasteiger charge is -2.13. The molecule has 0 radical (unpaired) electrons. The zero-order valence-electron chi connectivity index (χ0n) is 13.9. The summed E-state index contributed by atoms with van der Waals surface area (Å²) in [5, 5.41) is 16.5. The van der Waals surface area contributed by atoms with Crippen LogP contribution in [0, 0.1) is 10.1 Å². The molecule has 128 valence electrons. The number of hydrogen-bond acceptors (Lipinski definition) is 5. The van der Waals surface area contributed by atoms with Crippen LogP contribution in [0.1, 0.15) is 18.9 Å². The maximum absolute atomic E-state index is 11.8. The van der Waals surface area contributed by atoms with Gasteiger partial charge in [-0.2, -0.15) is 0 Å². The highest BCUT2D eigenvalue weighted by atomic mass is 32.1. The first-order chi connectivity index (χ1) is 11.3. The van der Waals surface area contributed by atoms with Gasteiger partial charge in [0.25, 0.3) is 11.6 Å². The molecule has 0 fully saturated rings. The van der Waals surface area contributed by atoms with Crippen molar-refractivity contribution in [3.8, 4) is 11.3 Å². The molecule has 24 heavy (non-hydrogen) atoms. The Bertz CT molecular complexity index is 730. The number of nitrogens with one attached hydrogen (secondary N) is 2. The second-order valence-corrected chi connectivity index (χ2v) is 6.91. The molecule has 1 amide bonds. The Morgan fingerprint density at radius 2 is 2.21 bits per heavy atom. The first-order valence-electron chi connectivity index (χ1n) is 7.65. The molecule has 1 unspecified atom stereocenters. The second kappa shape index (κ2) is 7.98. The Morgan fingerprint density at radius 3 is 2.88 bits per heavy atom. The van der Waals surface area contributed by atoms with Crippen LogP contribution in [0.15, 0.2) is 29.6 Å². The van der Waals surface area contributed by atoms with Crippen molar-refractivity contribution >= 4 is 22.9 Å². The van der Waals surface area contributed by atoms with E-state index in [-0.39, 0.29) is 17.6 Å². The summed E-state index contributed by atoms with van der Waals surface area (Å²) >= 11 is 1.49. The van der Waals surface area contributed by atoms with E-state index in [9.17, 15) is 14.9 Å². The van der Waals surface area contributed by atoms with Gasteiger partial charge in [-0.3, -0.25) is 14.9 Å². The number of quaternary nitrogens is 1. The van der Waals surface area contributed by atoms with Crippen LogP contribution in [0.5, 0.6) is 0 Å². The number of nitro groups is 1. The standard InChI is InChI=1S/C16H20N4O3S/c1-11(2)17-15(21)8-19(3)9-16-18-14(10-24-16)12-5-4-6-13(7-12)20(22)23/h4-7,10-11H,8-9H2,1-3H3,(H,17,21)/p+1. The maximum atomic E-state index is 11.8. The molecule has 0 bridgehead atoms. The number of amides is 1. The number of aromatic nitrogens is 1. The molecule has 2 aromatic rings. The van der Waals surface area contributed by atoms with Crippen LogP contribution in [0.2, 0.25) is 0 Å². The van der Waals surface area contributed by atoms with Crippen molar-refractivity contribution in [2.45, 2.75) is 26.4 Å². The highest BCUT2D eigenvalue weighted by Gasteiger charge is 2.15. The fourth-order valence-corrected chi connectivity index (χ4v) is 3.19. The number of nitrogens with zero attached hydrogens (tertiary/aromatic N) is 2. The topological polar surface area (TPSA) is 89.6 Å². The second-order valence-electron chi connectivity index (χ2n) is 5.97. The van der Waals surface area contributed by atoms with Gasteiger partial charge in [-0.05, 0) is 13.8 Å². The summed E-state index contributed by atoms with van der Waals surface area (Å²) in [6.45, 7) is 4.87. The van der Waals surface area contributed by atoms with Crippen LogP contribution in [-0.4, -0.2) is 35.4 Å². The minimum atomic E-state index is -0.415. The van der Waals surface area contributed by atoms with Crippen molar-refractivity contribution < 1.29 is 14.6 Å². The molecule has 0 saturated carbocycles. The summed E-state index contributed by atoms with van der Waals surface area (Å²) in [4.78, 5) is 27.8. The van der Waals surface area contributed by atoms with Gasteiger partial charge < -0.3 is 10.2 Å². The smallest absolute Gasteiger partial charge is 0.275 e. The predicted molar refractivity (Wildman–Crippen MR) is 92.9 cm³/mol. The minimum Gasteiger partial charge on any atom is -0.349 e. The van der Waals surface area contributed by atoms with E-state index < -0.39 is 4.92 Å². The maximum Gasteiger partial charge on any atom is 0.275 e. The van der Waals surface area contributed by atoms with Gasteiger partial charge in [0.1, 0.15) is 11.6 Å². The van der Waals surface area contributed by atoms with Gasteiger partial charge in [-0.25, -0.2) is 4.98 Å². The normalized spacial score (nSPS) is 12.2. The van der Waals surface area contributed by atoms with Crippen LogP contribution in [0.4, 0.5) is 5.69 Å². The summed E-state index contributed by atoms with van der Waals surface area (Å²) < 4.78 is 0. The minimum absolute atomic E-state index is 0.0120. The van der Waals surface area contributed by atoms with Crippen LogP contribution in [-0.2, 0) is 11.3 Å². The number of nitro benzene ring substituents is 1. The molecule has 1 aromatic heterocycles. The van der Waals surface area contributed by atoms with Gasteiger partial charge in [-0.15, -0.1) is 11.3 Å². The van der Waals surface area contributed by atoms with Crippen LogP contribution < -0.4 is 10.2 Å². The zero-order chi connectivity index (χ0) is 17.7. The molecule has 2 N–H and O–H groups in total. The molecular weight excluding hydrogens is 328 g/mol. The molecule has 0 aliphatic carbocycles. The van der Waals surface area contributed by atoms with Crippen LogP contribution in [0.25, 0.3) is 11.3 Å². The number of benzene rings is 1. The molecule has 0 aliphatic rings. The SMILES string of the molecule is CC(C)NC(=O)C[NH+](C)Cc1nc(-c2cccc([N+](=O)[O-])c2)cs1. The van der Waals surface area contributed by atoms with Crippen LogP contribution in [0.3, 0.4) is 0 Å². The first kappa shape index (κ1) is 18.0. The van der Waals surface area contributed by atoms with E-state index in [4.69, 9.17) is 0 Å². The van der Waals surface area contributed by atoms with Gasteiger partial charge in [0, 0.05) is 29.1 Å². The molecule has 1 heterocycles. The van der Waals surface area contributed by atoms with E-state index in [2.05, 4.69) is 10.3 Å². The van der Waals surface area contributed by atoms with E-state index in [1.54, 1.807) is 12.1 Å². The lowest BCUT2D eigenvalue weighted by atomic mass is 10.1. The highest BCUT2D eigenvalue weighted by Crippen LogP contribution is 2.25. The Hall–Kier alpha value is -2.32. The third kappa shape index (κ3) is 5.10. The largest absolute Gasteiger partial charge is 0.349 e. The van der Waals surface area contributed by atoms with E-state index in [0.717, 1.165) is 21.2 Å². The monoisotopic (exact) mass is 349 g/mol. The van der Waals surface area contributed by atoms with E-state index in [1.807, 2.05) is 26.3 Å². The summed E-state index contributed by atoms with van der Waals surface area (Å²) in [6.07, 6.45) is 0. The Labute approximate surface area is 144 Å². The fraction of sp³-hybridized carbons (Fsp3) is 0.375.